The van der Waals surface area contributed by atoms with Crippen molar-refractivity contribution in [3.05, 3.63) is 11.6 Å². The molecule has 1 aromatic heterocycles. The van der Waals surface area contributed by atoms with Crippen molar-refractivity contribution in [1.29, 1.82) is 0 Å². The van der Waals surface area contributed by atoms with Crippen molar-refractivity contribution in [2.24, 2.45) is 0 Å². The summed E-state index contributed by atoms with van der Waals surface area (Å²) in [6.07, 6.45) is 4.14. The van der Waals surface area contributed by atoms with Gasteiger partial charge in [-0.15, -0.1) is 10.2 Å². The number of aromatic nitrogens is 3. The number of carbonyl (C=O) groups is 2. The molecule has 2 aliphatic rings. The van der Waals surface area contributed by atoms with E-state index in [1.54, 1.807) is 0 Å². The first kappa shape index (κ1) is 16.0. The molecule has 0 aromatic carbocycles. The summed E-state index contributed by atoms with van der Waals surface area (Å²) in [5.41, 5.74) is 0. The van der Waals surface area contributed by atoms with Crippen molar-refractivity contribution in [3.63, 3.8) is 0 Å². The lowest BCUT2D eigenvalue weighted by atomic mass is 10.2. The van der Waals surface area contributed by atoms with Gasteiger partial charge in [-0.1, -0.05) is 6.42 Å². The van der Waals surface area contributed by atoms with Crippen molar-refractivity contribution >= 4 is 11.8 Å². The van der Waals surface area contributed by atoms with Gasteiger partial charge in [-0.2, -0.15) is 0 Å². The standard InChI is InChI=1S/C16H25N5O2/c1-12-10-20(11-14-18-17-13(2)21(12)14)16(23)7-9-19-8-5-3-4-6-15(19)22/h12H,3-11H2,1-2H3/t12-/m0/s1. The summed E-state index contributed by atoms with van der Waals surface area (Å²) in [7, 11) is 0. The Balaban J connectivity index is 1.58. The average molecular weight is 319 g/mol. The van der Waals surface area contributed by atoms with Crippen LogP contribution in [0.15, 0.2) is 0 Å². The number of amides is 2. The van der Waals surface area contributed by atoms with Crippen LogP contribution >= 0.6 is 0 Å². The van der Waals surface area contributed by atoms with Gasteiger partial charge in [0.15, 0.2) is 5.82 Å². The minimum Gasteiger partial charge on any atom is -0.342 e. The maximum Gasteiger partial charge on any atom is 0.224 e. The van der Waals surface area contributed by atoms with Crippen LogP contribution in [0, 0.1) is 6.92 Å². The number of carbonyl (C=O) groups excluding carboxylic acids is 2. The second kappa shape index (κ2) is 6.68. The molecule has 0 spiro atoms. The lowest BCUT2D eigenvalue weighted by Gasteiger charge is -2.33. The smallest absolute Gasteiger partial charge is 0.224 e. The summed E-state index contributed by atoms with van der Waals surface area (Å²) in [6.45, 7) is 6.54. The fourth-order valence-electron chi connectivity index (χ4n) is 3.58. The summed E-state index contributed by atoms with van der Waals surface area (Å²) in [5.74, 6) is 2.04. The van der Waals surface area contributed by atoms with E-state index in [1.807, 2.05) is 16.7 Å². The van der Waals surface area contributed by atoms with E-state index in [0.29, 0.717) is 32.5 Å². The Kier molecular flexibility index (Phi) is 4.63. The van der Waals surface area contributed by atoms with Gasteiger partial charge in [-0.05, 0) is 26.7 Å². The Labute approximate surface area is 136 Å². The van der Waals surface area contributed by atoms with E-state index in [9.17, 15) is 9.59 Å². The molecule has 2 aliphatic heterocycles. The molecule has 3 heterocycles. The first-order valence-corrected chi connectivity index (χ1v) is 8.52. The van der Waals surface area contributed by atoms with E-state index in [1.165, 1.54) is 0 Å². The van der Waals surface area contributed by atoms with Crippen molar-refractivity contribution in [1.82, 2.24) is 24.6 Å². The SMILES string of the molecule is Cc1nnc2n1[C@@H](C)CN(C(=O)CCN1CCCCCC1=O)C2. The molecule has 7 nitrogen and oxygen atoms in total. The third-order valence-corrected chi connectivity index (χ3v) is 4.81. The predicted octanol–water partition coefficient (Wildman–Crippen LogP) is 1.28. The van der Waals surface area contributed by atoms with Crippen LogP contribution < -0.4 is 0 Å². The summed E-state index contributed by atoms with van der Waals surface area (Å²) >= 11 is 0. The second-order valence-electron chi connectivity index (χ2n) is 6.60. The largest absolute Gasteiger partial charge is 0.342 e. The number of rotatable bonds is 3. The maximum absolute atomic E-state index is 12.5. The Bertz CT molecular complexity index is 597. The van der Waals surface area contributed by atoms with Gasteiger partial charge >= 0.3 is 0 Å². The zero-order valence-electron chi connectivity index (χ0n) is 14.0. The van der Waals surface area contributed by atoms with E-state index < -0.39 is 0 Å². The van der Waals surface area contributed by atoms with E-state index in [0.717, 1.165) is 37.5 Å². The molecule has 0 unspecified atom stereocenters. The van der Waals surface area contributed by atoms with Crippen molar-refractivity contribution in [2.75, 3.05) is 19.6 Å². The molecule has 0 radical (unpaired) electrons. The van der Waals surface area contributed by atoms with Crippen LogP contribution in [0.1, 0.15) is 56.7 Å². The third-order valence-electron chi connectivity index (χ3n) is 4.81. The van der Waals surface area contributed by atoms with Crippen LogP contribution in [-0.2, 0) is 16.1 Å². The normalized spacial score (nSPS) is 22.0. The quantitative estimate of drug-likeness (QED) is 0.841. The number of hydrogen-bond donors (Lipinski definition) is 0. The Morgan fingerprint density at radius 1 is 1.26 bits per heavy atom. The number of nitrogens with zero attached hydrogens (tertiary/aromatic N) is 5. The highest BCUT2D eigenvalue weighted by atomic mass is 16.2. The molecule has 1 atom stereocenters. The highest BCUT2D eigenvalue weighted by molar-refractivity contribution is 5.79. The summed E-state index contributed by atoms with van der Waals surface area (Å²) in [4.78, 5) is 28.2. The van der Waals surface area contributed by atoms with Crippen LogP contribution in [0.25, 0.3) is 0 Å². The van der Waals surface area contributed by atoms with E-state index >= 15 is 0 Å². The Morgan fingerprint density at radius 2 is 2.09 bits per heavy atom. The van der Waals surface area contributed by atoms with E-state index in [4.69, 9.17) is 0 Å². The van der Waals surface area contributed by atoms with Gasteiger partial charge in [0.1, 0.15) is 5.82 Å². The molecule has 1 fully saturated rings. The topological polar surface area (TPSA) is 71.3 Å². The number of hydrogen-bond acceptors (Lipinski definition) is 4. The van der Waals surface area contributed by atoms with Crippen LogP contribution in [0.2, 0.25) is 0 Å². The summed E-state index contributed by atoms with van der Waals surface area (Å²) < 4.78 is 2.10. The van der Waals surface area contributed by atoms with Gasteiger partial charge in [0.05, 0.1) is 12.6 Å². The maximum atomic E-state index is 12.5. The highest BCUT2D eigenvalue weighted by Gasteiger charge is 2.28. The van der Waals surface area contributed by atoms with Crippen molar-refractivity contribution in [3.8, 4) is 0 Å². The lowest BCUT2D eigenvalue weighted by Crippen LogP contribution is -2.42. The van der Waals surface area contributed by atoms with Crippen LogP contribution in [0.5, 0.6) is 0 Å². The summed E-state index contributed by atoms with van der Waals surface area (Å²) in [5, 5.41) is 8.27. The third kappa shape index (κ3) is 3.38. The molecule has 0 N–H and O–H groups in total. The van der Waals surface area contributed by atoms with E-state index in [-0.39, 0.29) is 17.9 Å². The molecule has 1 saturated heterocycles. The number of fused-ring (bicyclic) bond motifs is 1. The molecule has 0 bridgehead atoms. The molecule has 126 valence electrons. The number of aryl methyl sites for hydroxylation is 1. The first-order chi connectivity index (χ1) is 11.1. The summed E-state index contributed by atoms with van der Waals surface area (Å²) in [6, 6.07) is 0.192. The van der Waals surface area contributed by atoms with Gasteiger partial charge < -0.3 is 14.4 Å². The predicted molar refractivity (Wildman–Crippen MR) is 84.6 cm³/mol. The minimum atomic E-state index is 0.0980. The fraction of sp³-hybridized carbons (Fsp3) is 0.750. The number of likely N-dealkylation sites (tertiary alicyclic amines) is 1. The minimum absolute atomic E-state index is 0.0980. The molecule has 3 rings (SSSR count). The average Bonchev–Trinajstić information content (AvgIpc) is 2.78. The van der Waals surface area contributed by atoms with Gasteiger partial charge in [0.25, 0.3) is 0 Å². The lowest BCUT2D eigenvalue weighted by molar-refractivity contribution is -0.135. The Hall–Kier alpha value is -1.92. The zero-order valence-corrected chi connectivity index (χ0v) is 14.0. The van der Waals surface area contributed by atoms with E-state index in [2.05, 4.69) is 21.7 Å². The Morgan fingerprint density at radius 3 is 2.91 bits per heavy atom. The molecule has 0 saturated carbocycles. The molecule has 23 heavy (non-hydrogen) atoms. The molecule has 7 heteroatoms. The van der Waals surface area contributed by atoms with Gasteiger partial charge in [-0.25, -0.2) is 0 Å². The van der Waals surface area contributed by atoms with Crippen LogP contribution in [0.3, 0.4) is 0 Å². The second-order valence-corrected chi connectivity index (χ2v) is 6.60. The van der Waals surface area contributed by atoms with Gasteiger partial charge in [0.2, 0.25) is 11.8 Å². The molecule has 1 aromatic rings. The molecular weight excluding hydrogens is 294 g/mol. The molecular formula is C16H25N5O2. The van der Waals surface area contributed by atoms with Gasteiger partial charge in [-0.3, -0.25) is 9.59 Å². The highest BCUT2D eigenvalue weighted by Crippen LogP contribution is 2.21. The van der Waals surface area contributed by atoms with Gasteiger partial charge in [0, 0.05) is 32.5 Å². The first-order valence-electron chi connectivity index (χ1n) is 8.52. The fourth-order valence-corrected chi connectivity index (χ4v) is 3.58. The molecule has 0 aliphatic carbocycles. The monoisotopic (exact) mass is 319 g/mol. The van der Waals surface area contributed by atoms with Crippen LogP contribution in [-0.4, -0.2) is 56.0 Å². The van der Waals surface area contributed by atoms with Crippen molar-refractivity contribution < 1.29 is 9.59 Å². The zero-order chi connectivity index (χ0) is 16.4. The van der Waals surface area contributed by atoms with Crippen LogP contribution in [0.4, 0.5) is 0 Å². The molecule has 2 amide bonds. The van der Waals surface area contributed by atoms with Crippen molar-refractivity contribution in [2.45, 2.75) is 58.5 Å².